The highest BCUT2D eigenvalue weighted by Crippen LogP contribution is 2.28. The lowest BCUT2D eigenvalue weighted by atomic mass is 9.97. The summed E-state index contributed by atoms with van der Waals surface area (Å²) < 4.78 is 20.8. The summed E-state index contributed by atoms with van der Waals surface area (Å²) in [5.41, 5.74) is 2.39. The molecule has 0 radical (unpaired) electrons. The molecule has 0 aromatic heterocycles. The van der Waals surface area contributed by atoms with Crippen molar-refractivity contribution in [2.24, 2.45) is 11.8 Å². The first kappa shape index (κ1) is 40.6. The number of benzene rings is 2. The fourth-order valence-corrected chi connectivity index (χ4v) is 4.95. The summed E-state index contributed by atoms with van der Waals surface area (Å²) in [5.74, 6) is -1.35. The van der Waals surface area contributed by atoms with Crippen molar-refractivity contribution in [2.45, 2.75) is 78.7 Å². The topological polar surface area (TPSA) is 177 Å². The van der Waals surface area contributed by atoms with Crippen molar-refractivity contribution in [2.75, 3.05) is 34.0 Å². The van der Waals surface area contributed by atoms with E-state index in [1.165, 1.54) is 14.2 Å². The molecule has 5 N–H and O–H groups in total. The lowest BCUT2D eigenvalue weighted by Gasteiger charge is -2.35. The molecule has 0 aliphatic carbocycles. The Morgan fingerprint density at radius 1 is 0.837 bits per heavy atom. The molecule has 14 nitrogen and oxygen atoms in total. The predicted octanol–water partition coefficient (Wildman–Crippen LogP) is 3.52. The minimum Gasteiger partial charge on any atom is -0.493 e. The molecule has 0 bridgehead atoms. The van der Waals surface area contributed by atoms with E-state index in [4.69, 9.17) is 18.9 Å². The largest absolute Gasteiger partial charge is 0.493 e. The molecule has 0 saturated carbocycles. The van der Waals surface area contributed by atoms with E-state index in [2.05, 4.69) is 21.4 Å². The number of aryl methyl sites for hydroxylation is 1. The summed E-state index contributed by atoms with van der Waals surface area (Å²) in [7, 11) is 3.05. The zero-order chi connectivity index (χ0) is 36.6. The van der Waals surface area contributed by atoms with Crippen LogP contribution in [0, 0.1) is 11.8 Å². The van der Waals surface area contributed by atoms with E-state index in [0.717, 1.165) is 11.1 Å². The number of ether oxygens (including phenoxy) is 4. The smallest absolute Gasteiger partial charge is 0.409 e. The van der Waals surface area contributed by atoms with Gasteiger partial charge in [0.15, 0.2) is 11.5 Å². The lowest BCUT2D eigenvalue weighted by molar-refractivity contribution is -0.149. The number of aliphatic hydroxyl groups is 1. The van der Waals surface area contributed by atoms with Gasteiger partial charge in [0.25, 0.3) is 11.8 Å². The predicted molar refractivity (Wildman–Crippen MR) is 184 cm³/mol. The Labute approximate surface area is 289 Å². The molecule has 2 aromatic carbocycles. The number of nitrogens with one attached hydrogen (secondary N) is 4. The Kier molecular flexibility index (Phi) is 16.6. The van der Waals surface area contributed by atoms with Gasteiger partial charge in [0.2, 0.25) is 5.72 Å². The second-order valence-electron chi connectivity index (χ2n) is 12.1. The summed E-state index contributed by atoms with van der Waals surface area (Å²) in [6.45, 7) is 10.5. The van der Waals surface area contributed by atoms with Gasteiger partial charge >= 0.3 is 12.2 Å². The van der Waals surface area contributed by atoms with Crippen LogP contribution in [0.1, 0.15) is 59.1 Å². The van der Waals surface area contributed by atoms with Crippen molar-refractivity contribution >= 4 is 24.0 Å². The normalized spacial score (nSPS) is 13.6. The quantitative estimate of drug-likeness (QED) is 0.109. The lowest BCUT2D eigenvalue weighted by Crippen LogP contribution is -2.64. The van der Waals surface area contributed by atoms with Crippen LogP contribution in [0.4, 0.5) is 9.59 Å². The van der Waals surface area contributed by atoms with E-state index in [1.807, 2.05) is 36.4 Å². The van der Waals surface area contributed by atoms with Gasteiger partial charge in [-0.3, -0.25) is 20.3 Å². The van der Waals surface area contributed by atoms with Gasteiger partial charge in [-0.15, -0.1) is 0 Å². The van der Waals surface area contributed by atoms with Crippen LogP contribution in [-0.4, -0.2) is 85.9 Å². The van der Waals surface area contributed by atoms with Gasteiger partial charge in [-0.05, 0) is 55.9 Å². The summed E-state index contributed by atoms with van der Waals surface area (Å²) in [6.07, 6.45) is -0.714. The third-order valence-corrected chi connectivity index (χ3v) is 7.74. The first-order chi connectivity index (χ1) is 23.3. The Hall–Kier alpha value is -4.56. The van der Waals surface area contributed by atoms with Crippen LogP contribution in [0.15, 0.2) is 48.5 Å². The molecule has 0 heterocycles. The van der Waals surface area contributed by atoms with E-state index in [9.17, 15) is 24.3 Å². The molecule has 0 spiro atoms. The molecular weight excluding hydrogens is 634 g/mol. The molecule has 0 unspecified atom stereocenters. The SMILES string of the molecule is CCOC(=O)N[C@H](C(=O)NN(Cc1ccc(OC)c(OC)c1)C[C@H](CCc1ccccc1)NC(=O)[C@@](O)(NC(=O)OCC)C(C)C)C(C)C. The van der Waals surface area contributed by atoms with Crippen LogP contribution in [0.25, 0.3) is 0 Å². The highest BCUT2D eigenvalue weighted by Gasteiger charge is 2.42. The van der Waals surface area contributed by atoms with Crippen LogP contribution in [-0.2, 0) is 32.0 Å². The molecule has 0 saturated heterocycles. The number of carbonyl (C=O) groups excluding carboxylic acids is 4. The van der Waals surface area contributed by atoms with Gasteiger partial charge in [-0.25, -0.2) is 14.6 Å². The van der Waals surface area contributed by atoms with Crippen molar-refractivity contribution in [3.63, 3.8) is 0 Å². The van der Waals surface area contributed by atoms with Crippen LogP contribution in [0.5, 0.6) is 11.5 Å². The monoisotopic (exact) mass is 687 g/mol. The van der Waals surface area contributed by atoms with Gasteiger partial charge in [0, 0.05) is 25.0 Å². The molecular formula is C35H53N5O9. The maximum absolute atomic E-state index is 13.7. The first-order valence-electron chi connectivity index (χ1n) is 16.5. The van der Waals surface area contributed by atoms with Crippen molar-refractivity contribution in [1.82, 2.24) is 26.4 Å². The minimum absolute atomic E-state index is 0.0501. The maximum atomic E-state index is 13.7. The van der Waals surface area contributed by atoms with E-state index >= 15 is 0 Å². The van der Waals surface area contributed by atoms with E-state index in [-0.39, 0.29) is 32.2 Å². The van der Waals surface area contributed by atoms with Crippen molar-refractivity contribution in [1.29, 1.82) is 0 Å². The third kappa shape index (κ3) is 12.8. The second kappa shape index (κ2) is 20.1. The number of alkyl carbamates (subject to hydrolysis) is 2. The molecule has 0 fully saturated rings. The third-order valence-electron chi connectivity index (χ3n) is 7.74. The van der Waals surface area contributed by atoms with Crippen LogP contribution >= 0.6 is 0 Å². The number of amides is 4. The highest BCUT2D eigenvalue weighted by molar-refractivity contribution is 5.88. The number of nitrogens with zero attached hydrogens (tertiary/aromatic N) is 1. The number of hydrogen-bond donors (Lipinski definition) is 5. The maximum Gasteiger partial charge on any atom is 0.409 e. The summed E-state index contributed by atoms with van der Waals surface area (Å²) in [4.78, 5) is 52.0. The van der Waals surface area contributed by atoms with Crippen molar-refractivity contribution in [3.05, 3.63) is 59.7 Å². The van der Waals surface area contributed by atoms with Gasteiger partial charge in [0.05, 0.1) is 27.4 Å². The van der Waals surface area contributed by atoms with E-state index in [1.54, 1.807) is 58.7 Å². The van der Waals surface area contributed by atoms with Crippen LogP contribution in [0.2, 0.25) is 0 Å². The average Bonchev–Trinajstić information content (AvgIpc) is 3.06. The van der Waals surface area contributed by atoms with Gasteiger partial charge in [-0.2, -0.15) is 0 Å². The Morgan fingerprint density at radius 2 is 1.47 bits per heavy atom. The molecule has 4 amide bonds. The molecule has 2 rings (SSSR count). The minimum atomic E-state index is -2.29. The number of rotatable bonds is 19. The summed E-state index contributed by atoms with van der Waals surface area (Å²) >= 11 is 0. The Balaban J connectivity index is 2.50. The fraction of sp³-hybridized carbons (Fsp3) is 0.543. The standard InChI is InChI=1S/C35H53N5O9/c1-9-48-33(43)37-30(23(3)4)31(41)39-40(21-26-17-19-28(46-7)29(20-26)47-8)22-27(18-16-25-14-12-11-13-15-25)36-32(42)35(45,24(5)6)38-34(44)49-10-2/h11-15,17,19-20,23-24,27,30,45H,9-10,16,18,21-22H2,1-8H3,(H,36,42)(H,37,43)(H,38,44)(H,39,41)/t27-,30-,35+/m0/s1. The van der Waals surface area contributed by atoms with E-state index < -0.39 is 47.7 Å². The fourth-order valence-electron chi connectivity index (χ4n) is 4.95. The van der Waals surface area contributed by atoms with E-state index in [0.29, 0.717) is 24.3 Å². The Bertz CT molecular complexity index is 1360. The average molecular weight is 688 g/mol. The molecule has 0 aliphatic heterocycles. The van der Waals surface area contributed by atoms with Crippen molar-refractivity contribution in [3.8, 4) is 11.5 Å². The molecule has 49 heavy (non-hydrogen) atoms. The zero-order valence-electron chi connectivity index (χ0n) is 29.8. The number of methoxy groups -OCH3 is 2. The van der Waals surface area contributed by atoms with Crippen LogP contribution in [0.3, 0.4) is 0 Å². The summed E-state index contributed by atoms with van der Waals surface area (Å²) in [5, 5.41) is 20.8. The molecule has 14 heteroatoms. The molecule has 0 aliphatic rings. The molecule has 2 aromatic rings. The van der Waals surface area contributed by atoms with Gasteiger partial charge in [-0.1, -0.05) is 64.1 Å². The number of hydrogen-bond acceptors (Lipinski definition) is 10. The van der Waals surface area contributed by atoms with Crippen molar-refractivity contribution < 1.29 is 43.2 Å². The van der Waals surface area contributed by atoms with Gasteiger partial charge < -0.3 is 34.7 Å². The second-order valence-corrected chi connectivity index (χ2v) is 12.1. The Morgan fingerprint density at radius 3 is 2.04 bits per heavy atom. The number of carbonyl (C=O) groups is 4. The zero-order valence-corrected chi connectivity index (χ0v) is 29.8. The summed E-state index contributed by atoms with van der Waals surface area (Å²) in [6, 6.07) is 13.4. The molecule has 272 valence electrons. The number of hydrazine groups is 1. The highest BCUT2D eigenvalue weighted by atomic mass is 16.6. The molecule has 3 atom stereocenters. The van der Waals surface area contributed by atoms with Crippen LogP contribution < -0.4 is 30.8 Å². The first-order valence-corrected chi connectivity index (χ1v) is 16.5. The van der Waals surface area contributed by atoms with Gasteiger partial charge in [0.1, 0.15) is 6.04 Å².